The molecule has 32 heavy (non-hydrogen) atoms. The van der Waals surface area contributed by atoms with Gasteiger partial charge in [-0.05, 0) is 55.3 Å². The Kier molecular flexibility index (Phi) is 8.86. The normalized spacial score (nSPS) is 12.2. The van der Waals surface area contributed by atoms with E-state index in [1.807, 2.05) is 20.8 Å². The number of nitrogens with one attached hydrogen (secondary N) is 1. The van der Waals surface area contributed by atoms with Crippen LogP contribution in [0.3, 0.4) is 0 Å². The van der Waals surface area contributed by atoms with Gasteiger partial charge in [0.25, 0.3) is 15.9 Å². The highest BCUT2D eigenvalue weighted by Gasteiger charge is 2.25. The second-order valence-electron chi connectivity index (χ2n) is 7.51. The molecule has 0 aliphatic carbocycles. The van der Waals surface area contributed by atoms with Crippen LogP contribution in [0.2, 0.25) is 5.02 Å². The molecular formula is C23H27ClN2O5S. The van der Waals surface area contributed by atoms with Gasteiger partial charge in [0.2, 0.25) is 0 Å². The Morgan fingerprint density at radius 2 is 1.81 bits per heavy atom. The first-order chi connectivity index (χ1) is 15.1. The van der Waals surface area contributed by atoms with Crippen molar-refractivity contribution in [1.82, 2.24) is 5.32 Å². The summed E-state index contributed by atoms with van der Waals surface area (Å²) < 4.78 is 32.7. The first-order valence-corrected chi connectivity index (χ1v) is 11.8. The molecule has 0 saturated heterocycles. The molecule has 0 heterocycles. The molecular weight excluding hydrogens is 452 g/mol. The van der Waals surface area contributed by atoms with Crippen LogP contribution in [0.25, 0.3) is 0 Å². The van der Waals surface area contributed by atoms with E-state index in [4.69, 9.17) is 16.3 Å². The summed E-state index contributed by atoms with van der Waals surface area (Å²) in [6.07, 6.45) is 1.46. The Morgan fingerprint density at radius 3 is 2.41 bits per heavy atom. The number of hydrogen-bond acceptors (Lipinski definition) is 5. The van der Waals surface area contributed by atoms with E-state index in [0.717, 1.165) is 4.31 Å². The number of carbonyl (C=O) groups is 2. The van der Waals surface area contributed by atoms with Crippen molar-refractivity contribution in [3.05, 3.63) is 71.8 Å². The van der Waals surface area contributed by atoms with Crippen molar-refractivity contribution >= 4 is 39.2 Å². The molecule has 0 fully saturated rings. The zero-order valence-electron chi connectivity index (χ0n) is 18.2. The third-order valence-electron chi connectivity index (χ3n) is 4.79. The number of nitrogens with zero attached hydrogens (tertiary/aromatic N) is 1. The molecule has 1 atom stereocenters. The fourth-order valence-electron chi connectivity index (χ4n) is 2.65. The second-order valence-corrected chi connectivity index (χ2v) is 9.80. The number of anilines is 1. The maximum absolute atomic E-state index is 13.3. The molecule has 7 nitrogen and oxygen atoms in total. The average molecular weight is 479 g/mol. The Hall–Kier alpha value is -2.84. The Morgan fingerprint density at radius 1 is 1.16 bits per heavy atom. The van der Waals surface area contributed by atoms with Crippen molar-refractivity contribution in [2.45, 2.75) is 31.7 Å². The van der Waals surface area contributed by atoms with E-state index in [-0.39, 0.29) is 29.0 Å². The minimum Gasteiger partial charge on any atom is -0.452 e. The lowest BCUT2D eigenvalue weighted by Gasteiger charge is -2.23. The van der Waals surface area contributed by atoms with Crippen LogP contribution in [0, 0.1) is 5.92 Å². The largest absolute Gasteiger partial charge is 0.452 e. The van der Waals surface area contributed by atoms with Crippen molar-refractivity contribution in [2.24, 2.45) is 5.92 Å². The van der Waals surface area contributed by atoms with Crippen molar-refractivity contribution < 1.29 is 22.7 Å². The Bertz CT molecular complexity index is 1070. The molecule has 0 spiro atoms. The van der Waals surface area contributed by atoms with E-state index >= 15 is 0 Å². The summed E-state index contributed by atoms with van der Waals surface area (Å²) in [7, 11) is -4.01. The first-order valence-electron chi connectivity index (χ1n) is 10.0. The average Bonchev–Trinajstić information content (AvgIpc) is 2.76. The lowest BCUT2D eigenvalue weighted by Crippen LogP contribution is -2.38. The zero-order valence-corrected chi connectivity index (χ0v) is 19.8. The van der Waals surface area contributed by atoms with Gasteiger partial charge in [-0.3, -0.25) is 9.10 Å². The van der Waals surface area contributed by atoms with Crippen LogP contribution in [0.5, 0.6) is 0 Å². The number of carbonyl (C=O) groups excluding carboxylic acids is 2. The topological polar surface area (TPSA) is 92.8 Å². The maximum atomic E-state index is 13.3. The highest BCUT2D eigenvalue weighted by atomic mass is 35.5. The van der Waals surface area contributed by atoms with Gasteiger partial charge in [-0.15, -0.1) is 6.58 Å². The molecule has 0 radical (unpaired) electrons. The highest BCUT2D eigenvalue weighted by Crippen LogP contribution is 2.26. The lowest BCUT2D eigenvalue weighted by molar-refractivity contribution is -0.125. The van der Waals surface area contributed by atoms with E-state index in [2.05, 4.69) is 11.9 Å². The van der Waals surface area contributed by atoms with Gasteiger partial charge in [0, 0.05) is 11.1 Å². The number of hydrogen-bond donors (Lipinski definition) is 1. The predicted octanol–water partition coefficient (Wildman–Crippen LogP) is 4.04. The number of esters is 1. The van der Waals surface area contributed by atoms with Crippen LogP contribution in [0.4, 0.5) is 5.69 Å². The number of amides is 1. The number of benzene rings is 2. The first kappa shape index (κ1) is 25.4. The molecule has 0 bridgehead atoms. The van der Waals surface area contributed by atoms with Crippen LogP contribution in [0.1, 0.15) is 31.1 Å². The Labute approximate surface area is 194 Å². The molecule has 1 N–H and O–H groups in total. The van der Waals surface area contributed by atoms with Gasteiger partial charge in [-0.1, -0.05) is 37.6 Å². The van der Waals surface area contributed by atoms with E-state index in [9.17, 15) is 18.0 Å². The number of halogens is 1. The number of ether oxygens (including phenoxy) is 1. The van der Waals surface area contributed by atoms with Crippen LogP contribution >= 0.6 is 11.6 Å². The molecule has 1 amide bonds. The summed E-state index contributed by atoms with van der Waals surface area (Å²) in [5, 5.41) is 3.21. The van der Waals surface area contributed by atoms with Crippen molar-refractivity contribution in [3.63, 3.8) is 0 Å². The molecule has 9 heteroatoms. The van der Waals surface area contributed by atoms with Gasteiger partial charge in [0.05, 0.1) is 22.7 Å². The van der Waals surface area contributed by atoms with E-state index in [1.165, 1.54) is 30.3 Å². The Balaban J connectivity index is 2.20. The molecule has 172 valence electrons. The van der Waals surface area contributed by atoms with Gasteiger partial charge >= 0.3 is 5.97 Å². The molecule has 0 aliphatic rings. The van der Waals surface area contributed by atoms with E-state index < -0.39 is 28.5 Å². The van der Waals surface area contributed by atoms with E-state index in [0.29, 0.717) is 10.7 Å². The van der Waals surface area contributed by atoms with Gasteiger partial charge in [0.15, 0.2) is 6.61 Å². The minimum absolute atomic E-state index is 0.0189. The molecule has 0 aromatic heterocycles. The van der Waals surface area contributed by atoms with Crippen molar-refractivity contribution in [2.75, 3.05) is 17.5 Å². The summed E-state index contributed by atoms with van der Waals surface area (Å²) >= 11 is 5.91. The molecule has 0 aliphatic heterocycles. The second kappa shape index (κ2) is 11.2. The summed E-state index contributed by atoms with van der Waals surface area (Å²) in [6.45, 7) is 8.96. The molecule has 0 unspecified atom stereocenters. The summed E-state index contributed by atoms with van der Waals surface area (Å²) in [5.74, 6) is -0.991. The quantitative estimate of drug-likeness (QED) is 0.411. The predicted molar refractivity (Wildman–Crippen MR) is 125 cm³/mol. The standard InChI is InChI=1S/C23H27ClN2O5S/c1-5-13-26(20-11-9-19(24)10-12-20)32(29,30)21-8-6-7-18(14-21)23(28)31-15-22(27)25-17(4)16(2)3/h5-12,14,16-17H,1,13,15H2,2-4H3,(H,25,27)/t17-/m1/s1. The fraction of sp³-hybridized carbons (Fsp3) is 0.304. The van der Waals surface area contributed by atoms with Crippen LogP contribution in [0.15, 0.2) is 66.1 Å². The van der Waals surface area contributed by atoms with Gasteiger partial charge in [0.1, 0.15) is 0 Å². The van der Waals surface area contributed by atoms with Gasteiger partial charge in [-0.2, -0.15) is 0 Å². The molecule has 2 aromatic rings. The van der Waals surface area contributed by atoms with Crippen molar-refractivity contribution in [3.8, 4) is 0 Å². The third kappa shape index (κ3) is 6.58. The van der Waals surface area contributed by atoms with Gasteiger partial charge in [-0.25, -0.2) is 13.2 Å². The lowest BCUT2D eigenvalue weighted by atomic mass is 10.1. The zero-order chi connectivity index (χ0) is 23.9. The van der Waals surface area contributed by atoms with Crippen LogP contribution in [-0.2, 0) is 19.6 Å². The molecule has 0 saturated carbocycles. The van der Waals surface area contributed by atoms with Crippen LogP contribution in [-0.4, -0.2) is 39.5 Å². The SMILES string of the molecule is C=CCN(c1ccc(Cl)cc1)S(=O)(=O)c1cccc(C(=O)OCC(=O)N[C@H](C)C(C)C)c1. The summed E-state index contributed by atoms with van der Waals surface area (Å²) in [4.78, 5) is 24.3. The summed E-state index contributed by atoms with van der Waals surface area (Å²) in [5.41, 5.74) is 0.420. The maximum Gasteiger partial charge on any atom is 0.338 e. The number of rotatable bonds is 10. The number of sulfonamides is 1. The monoisotopic (exact) mass is 478 g/mol. The molecule has 2 aromatic carbocycles. The van der Waals surface area contributed by atoms with Gasteiger partial charge < -0.3 is 10.1 Å². The molecule has 2 rings (SSSR count). The highest BCUT2D eigenvalue weighted by molar-refractivity contribution is 7.92. The third-order valence-corrected chi connectivity index (χ3v) is 6.83. The smallest absolute Gasteiger partial charge is 0.338 e. The minimum atomic E-state index is -4.01. The fourth-order valence-corrected chi connectivity index (χ4v) is 4.26. The summed E-state index contributed by atoms with van der Waals surface area (Å²) in [6, 6.07) is 11.7. The van der Waals surface area contributed by atoms with Crippen LogP contribution < -0.4 is 9.62 Å². The van der Waals surface area contributed by atoms with E-state index in [1.54, 1.807) is 24.3 Å². The van der Waals surface area contributed by atoms with Crippen molar-refractivity contribution in [1.29, 1.82) is 0 Å².